The van der Waals surface area contributed by atoms with Crippen molar-refractivity contribution in [1.29, 1.82) is 0 Å². The van der Waals surface area contributed by atoms with Crippen LogP contribution in [0.25, 0.3) is 0 Å². The summed E-state index contributed by atoms with van der Waals surface area (Å²) in [6.07, 6.45) is 2.91. The summed E-state index contributed by atoms with van der Waals surface area (Å²) in [5, 5.41) is 0. The Balaban J connectivity index is 0.00000156. The lowest BCUT2D eigenvalue weighted by Crippen LogP contribution is -2.52. The fourth-order valence-corrected chi connectivity index (χ4v) is 3.43. The molecule has 0 radical (unpaired) electrons. The molecule has 122 valence electrons. The summed E-state index contributed by atoms with van der Waals surface area (Å²) in [4.78, 5) is 2.51. The van der Waals surface area contributed by atoms with Crippen LogP contribution in [0, 0.1) is 5.92 Å². The molecule has 1 atom stereocenters. The van der Waals surface area contributed by atoms with E-state index >= 15 is 0 Å². The number of hydrogen-bond donors (Lipinski definition) is 0. The van der Waals surface area contributed by atoms with Gasteiger partial charge >= 0.3 is 0 Å². The van der Waals surface area contributed by atoms with Gasteiger partial charge in [0.25, 0.3) is 0 Å². The van der Waals surface area contributed by atoms with Gasteiger partial charge in [-0.3, -0.25) is 4.90 Å². The first-order valence-corrected chi connectivity index (χ1v) is 8.09. The molecular weight excluding hydrogens is 310 g/mol. The number of fused-ring (bicyclic) bond motifs is 3. The van der Waals surface area contributed by atoms with E-state index in [9.17, 15) is 0 Å². The van der Waals surface area contributed by atoms with Crippen LogP contribution in [0.4, 0.5) is 0 Å². The molecule has 0 unspecified atom stereocenters. The van der Waals surface area contributed by atoms with Gasteiger partial charge in [-0.15, -0.1) is 12.4 Å². The van der Waals surface area contributed by atoms with E-state index in [1.807, 2.05) is 54.6 Å². The summed E-state index contributed by atoms with van der Waals surface area (Å²) in [6, 6.07) is 17.8. The first-order chi connectivity index (χ1) is 10.9. The van der Waals surface area contributed by atoms with Crippen LogP contribution in [0.3, 0.4) is 0 Å². The highest BCUT2D eigenvalue weighted by molar-refractivity contribution is 5.85. The van der Waals surface area contributed by atoms with Gasteiger partial charge in [-0.2, -0.15) is 0 Å². The van der Waals surface area contributed by atoms with Crippen LogP contribution in [0.15, 0.2) is 54.6 Å². The molecule has 3 heterocycles. The summed E-state index contributed by atoms with van der Waals surface area (Å²) in [7, 11) is 0. The Bertz CT molecular complexity index is 609. The minimum atomic E-state index is 0. The van der Waals surface area contributed by atoms with Crippen LogP contribution in [0.2, 0.25) is 0 Å². The van der Waals surface area contributed by atoms with Gasteiger partial charge in [-0.25, -0.2) is 0 Å². The zero-order valence-electron chi connectivity index (χ0n) is 13.1. The summed E-state index contributed by atoms with van der Waals surface area (Å²) < 4.78 is 12.0. The van der Waals surface area contributed by atoms with Crippen LogP contribution >= 0.6 is 12.4 Å². The van der Waals surface area contributed by atoms with E-state index in [0.717, 1.165) is 29.7 Å². The van der Waals surface area contributed by atoms with Crippen LogP contribution in [-0.4, -0.2) is 30.6 Å². The van der Waals surface area contributed by atoms with Gasteiger partial charge in [-0.1, -0.05) is 18.2 Å². The first-order valence-electron chi connectivity index (χ1n) is 8.09. The van der Waals surface area contributed by atoms with E-state index in [1.165, 1.54) is 25.9 Å². The minimum Gasteiger partial charge on any atom is -0.489 e. The highest BCUT2D eigenvalue weighted by atomic mass is 35.5. The Kier molecular flexibility index (Phi) is 5.09. The normalized spacial score (nSPS) is 25.5. The van der Waals surface area contributed by atoms with Gasteiger partial charge in [-0.05, 0) is 68.2 Å². The second kappa shape index (κ2) is 7.24. The van der Waals surface area contributed by atoms with Crippen molar-refractivity contribution in [1.82, 2.24) is 4.90 Å². The zero-order valence-corrected chi connectivity index (χ0v) is 13.9. The highest BCUT2D eigenvalue weighted by Crippen LogP contribution is 2.31. The molecule has 2 aromatic carbocycles. The summed E-state index contributed by atoms with van der Waals surface area (Å²) >= 11 is 0. The molecule has 3 nitrogen and oxygen atoms in total. The number of rotatable bonds is 4. The van der Waals surface area contributed by atoms with E-state index in [-0.39, 0.29) is 12.4 Å². The van der Waals surface area contributed by atoms with Crippen LogP contribution < -0.4 is 9.47 Å². The van der Waals surface area contributed by atoms with E-state index < -0.39 is 0 Å². The zero-order chi connectivity index (χ0) is 14.8. The topological polar surface area (TPSA) is 21.7 Å². The van der Waals surface area contributed by atoms with Crippen LogP contribution in [0.1, 0.15) is 12.8 Å². The molecule has 2 bridgehead atoms. The van der Waals surface area contributed by atoms with Crippen molar-refractivity contribution >= 4 is 12.4 Å². The smallest absolute Gasteiger partial charge is 0.127 e. The molecule has 0 aromatic heterocycles. The fourth-order valence-electron chi connectivity index (χ4n) is 3.43. The van der Waals surface area contributed by atoms with Crippen molar-refractivity contribution in [2.75, 3.05) is 19.6 Å². The lowest BCUT2D eigenvalue weighted by Gasteiger charge is -2.44. The van der Waals surface area contributed by atoms with Gasteiger partial charge in [0, 0.05) is 6.54 Å². The summed E-state index contributed by atoms with van der Waals surface area (Å²) in [5.74, 6) is 3.37. The van der Waals surface area contributed by atoms with Gasteiger partial charge < -0.3 is 9.47 Å². The Labute approximate surface area is 143 Å². The number of halogens is 1. The Morgan fingerprint density at radius 3 is 2.00 bits per heavy atom. The average molecular weight is 332 g/mol. The van der Waals surface area contributed by atoms with Crippen molar-refractivity contribution in [3.8, 4) is 17.2 Å². The maximum absolute atomic E-state index is 6.20. The molecule has 0 saturated carbocycles. The van der Waals surface area contributed by atoms with Crippen molar-refractivity contribution < 1.29 is 9.47 Å². The summed E-state index contributed by atoms with van der Waals surface area (Å²) in [5.41, 5.74) is 0. The van der Waals surface area contributed by atoms with E-state index in [2.05, 4.69) is 4.90 Å². The Morgan fingerprint density at radius 2 is 1.39 bits per heavy atom. The number of nitrogens with zero attached hydrogens (tertiary/aromatic N) is 1. The maximum atomic E-state index is 6.20. The number of ether oxygens (including phenoxy) is 2. The average Bonchev–Trinajstić information content (AvgIpc) is 2.59. The molecule has 0 spiro atoms. The van der Waals surface area contributed by atoms with Crippen molar-refractivity contribution in [3.63, 3.8) is 0 Å². The lowest BCUT2D eigenvalue weighted by molar-refractivity contribution is -0.00777. The monoisotopic (exact) mass is 331 g/mol. The van der Waals surface area contributed by atoms with Crippen LogP contribution in [0.5, 0.6) is 17.2 Å². The number of hydrogen-bond acceptors (Lipinski definition) is 3. The Morgan fingerprint density at radius 1 is 0.783 bits per heavy atom. The molecule has 0 amide bonds. The summed E-state index contributed by atoms with van der Waals surface area (Å²) in [6.45, 7) is 3.57. The third-order valence-corrected chi connectivity index (χ3v) is 4.69. The van der Waals surface area contributed by atoms with Gasteiger partial charge in [0.15, 0.2) is 0 Å². The van der Waals surface area contributed by atoms with E-state index in [0.29, 0.717) is 6.10 Å². The quantitative estimate of drug-likeness (QED) is 0.830. The largest absolute Gasteiger partial charge is 0.489 e. The van der Waals surface area contributed by atoms with Crippen molar-refractivity contribution in [2.24, 2.45) is 5.92 Å². The second-order valence-electron chi connectivity index (χ2n) is 6.18. The van der Waals surface area contributed by atoms with E-state index in [1.54, 1.807) is 0 Å². The predicted octanol–water partition coefficient (Wildman–Crippen LogP) is 4.37. The third-order valence-electron chi connectivity index (χ3n) is 4.69. The second-order valence-corrected chi connectivity index (χ2v) is 6.18. The third kappa shape index (κ3) is 3.80. The number of piperidine rings is 3. The molecular formula is C19H22ClNO2. The van der Waals surface area contributed by atoms with Gasteiger partial charge in [0.05, 0.1) is 0 Å². The van der Waals surface area contributed by atoms with Gasteiger partial charge in [0.2, 0.25) is 0 Å². The maximum Gasteiger partial charge on any atom is 0.127 e. The van der Waals surface area contributed by atoms with Gasteiger partial charge in [0.1, 0.15) is 23.4 Å². The van der Waals surface area contributed by atoms with Crippen LogP contribution in [-0.2, 0) is 0 Å². The van der Waals surface area contributed by atoms with Crippen molar-refractivity contribution in [2.45, 2.75) is 18.9 Å². The molecule has 4 heteroatoms. The molecule has 3 aliphatic heterocycles. The molecule has 3 aliphatic rings. The molecule has 3 fully saturated rings. The first kappa shape index (κ1) is 16.2. The lowest BCUT2D eigenvalue weighted by atomic mass is 9.86. The molecule has 23 heavy (non-hydrogen) atoms. The van der Waals surface area contributed by atoms with E-state index in [4.69, 9.17) is 9.47 Å². The fraction of sp³-hybridized carbons (Fsp3) is 0.368. The molecule has 0 aliphatic carbocycles. The predicted molar refractivity (Wildman–Crippen MR) is 93.8 cm³/mol. The minimum absolute atomic E-state index is 0. The number of para-hydroxylation sites is 1. The molecule has 0 N–H and O–H groups in total. The Hall–Kier alpha value is -1.71. The molecule has 3 saturated heterocycles. The SMILES string of the molecule is Cl.c1ccc(Oc2ccc(O[C@H]3CN4CCC3CC4)cc2)cc1. The molecule has 5 rings (SSSR count). The van der Waals surface area contributed by atoms with Crippen molar-refractivity contribution in [3.05, 3.63) is 54.6 Å². The molecule has 2 aromatic rings. The number of benzene rings is 2. The standard InChI is InChI=1S/C19H21NO2.ClH/c1-2-4-16(5-3-1)21-17-6-8-18(9-7-17)22-19-14-20-12-10-15(19)11-13-20;/h1-9,15,19H,10-14H2;1H/t19-;/m0./s1. The highest BCUT2D eigenvalue weighted by Gasteiger charge is 2.35.